The molecule has 0 aliphatic carbocycles. The van der Waals surface area contributed by atoms with Gasteiger partial charge in [-0.15, -0.1) is 11.3 Å². The Morgan fingerprint density at radius 2 is 2.28 bits per heavy atom. The zero-order valence-electron chi connectivity index (χ0n) is 10.6. The lowest BCUT2D eigenvalue weighted by atomic mass is 10.2. The summed E-state index contributed by atoms with van der Waals surface area (Å²) >= 11 is 1.68. The predicted molar refractivity (Wildman–Crippen MR) is 76.5 cm³/mol. The fraction of sp³-hybridized carbons (Fsp3) is 0.308. The third-order valence-corrected chi connectivity index (χ3v) is 3.45. The van der Waals surface area contributed by atoms with E-state index >= 15 is 0 Å². The second kappa shape index (κ2) is 5.73. The van der Waals surface area contributed by atoms with Crippen molar-refractivity contribution in [1.82, 2.24) is 4.98 Å². The van der Waals surface area contributed by atoms with Crippen LogP contribution in [0.4, 0.5) is 11.4 Å². The Labute approximate surface area is 111 Å². The first kappa shape index (κ1) is 12.7. The molecule has 18 heavy (non-hydrogen) atoms. The third kappa shape index (κ3) is 3.13. The highest BCUT2D eigenvalue weighted by atomic mass is 32.1. The minimum absolute atomic E-state index is 0.727. The van der Waals surface area contributed by atoms with Crippen molar-refractivity contribution in [3.8, 4) is 5.75 Å². The molecule has 4 nitrogen and oxygen atoms in total. The maximum atomic E-state index is 5.90. The third-order valence-electron chi connectivity index (χ3n) is 2.62. The number of nitrogen functional groups attached to an aromatic ring is 1. The number of benzene rings is 1. The molecule has 1 heterocycles. The second-order valence-corrected chi connectivity index (χ2v) is 5.05. The number of aryl methyl sites for hydroxylation is 1. The molecule has 96 valence electrons. The molecule has 5 heteroatoms. The quantitative estimate of drug-likeness (QED) is 0.814. The monoisotopic (exact) mass is 263 g/mol. The van der Waals surface area contributed by atoms with Crippen molar-refractivity contribution in [3.63, 3.8) is 0 Å². The number of nitrogens with one attached hydrogen (secondary N) is 1. The van der Waals surface area contributed by atoms with Gasteiger partial charge in [0, 0.05) is 24.4 Å². The number of hydrogen-bond acceptors (Lipinski definition) is 5. The van der Waals surface area contributed by atoms with Gasteiger partial charge in [-0.2, -0.15) is 0 Å². The van der Waals surface area contributed by atoms with E-state index in [-0.39, 0.29) is 0 Å². The second-order valence-electron chi connectivity index (χ2n) is 3.99. The summed E-state index contributed by atoms with van der Waals surface area (Å²) in [6, 6.07) is 5.60. The van der Waals surface area contributed by atoms with E-state index in [1.807, 2.05) is 25.1 Å². The van der Waals surface area contributed by atoms with Crippen molar-refractivity contribution < 1.29 is 4.74 Å². The van der Waals surface area contributed by atoms with Gasteiger partial charge in [-0.05, 0) is 19.1 Å². The van der Waals surface area contributed by atoms with Gasteiger partial charge in [0.15, 0.2) is 0 Å². The van der Waals surface area contributed by atoms with E-state index in [1.54, 1.807) is 18.4 Å². The van der Waals surface area contributed by atoms with Crippen molar-refractivity contribution in [2.24, 2.45) is 0 Å². The summed E-state index contributed by atoms with van der Waals surface area (Å²) in [5, 5.41) is 6.50. The van der Waals surface area contributed by atoms with Crippen molar-refractivity contribution in [2.45, 2.75) is 13.3 Å². The van der Waals surface area contributed by atoms with E-state index in [9.17, 15) is 0 Å². The van der Waals surface area contributed by atoms with Crippen LogP contribution in [0, 0.1) is 6.92 Å². The topological polar surface area (TPSA) is 60.2 Å². The molecule has 1 aromatic carbocycles. The Balaban J connectivity index is 1.93. The van der Waals surface area contributed by atoms with Crippen molar-refractivity contribution >= 4 is 22.7 Å². The summed E-state index contributed by atoms with van der Waals surface area (Å²) < 4.78 is 5.17. The minimum atomic E-state index is 0.727. The molecule has 0 unspecified atom stereocenters. The van der Waals surface area contributed by atoms with Crippen molar-refractivity contribution in [1.29, 1.82) is 0 Å². The SMILES string of the molecule is COc1ccc(N)c(NCCc2csc(C)n2)c1. The van der Waals surface area contributed by atoms with E-state index in [2.05, 4.69) is 15.7 Å². The molecule has 3 N–H and O–H groups in total. The van der Waals surface area contributed by atoms with Crippen LogP contribution in [0.15, 0.2) is 23.6 Å². The summed E-state index contributed by atoms with van der Waals surface area (Å²) in [6.07, 6.45) is 0.890. The highest BCUT2D eigenvalue weighted by Gasteiger charge is 2.02. The zero-order valence-corrected chi connectivity index (χ0v) is 11.4. The van der Waals surface area contributed by atoms with Crippen LogP contribution in [0.3, 0.4) is 0 Å². The van der Waals surface area contributed by atoms with E-state index in [0.717, 1.165) is 40.8 Å². The minimum Gasteiger partial charge on any atom is -0.497 e. The van der Waals surface area contributed by atoms with Gasteiger partial charge < -0.3 is 15.8 Å². The van der Waals surface area contributed by atoms with Crippen molar-refractivity contribution in [3.05, 3.63) is 34.3 Å². The average molecular weight is 263 g/mol. The lowest BCUT2D eigenvalue weighted by Crippen LogP contribution is -2.07. The molecule has 1 aromatic heterocycles. The number of rotatable bonds is 5. The highest BCUT2D eigenvalue weighted by Crippen LogP contribution is 2.24. The zero-order chi connectivity index (χ0) is 13.0. The lowest BCUT2D eigenvalue weighted by molar-refractivity contribution is 0.415. The van der Waals surface area contributed by atoms with Crippen LogP contribution >= 0.6 is 11.3 Å². The molecular formula is C13H17N3OS. The Bertz CT molecular complexity index is 525. The van der Waals surface area contributed by atoms with Gasteiger partial charge in [0.25, 0.3) is 0 Å². The molecule has 0 bridgehead atoms. The molecule has 0 atom stereocenters. The van der Waals surface area contributed by atoms with E-state index in [4.69, 9.17) is 10.5 Å². The molecule has 0 saturated carbocycles. The summed E-state index contributed by atoms with van der Waals surface area (Å²) in [4.78, 5) is 4.42. The number of hydrogen-bond donors (Lipinski definition) is 2. The Morgan fingerprint density at radius 1 is 1.44 bits per heavy atom. The smallest absolute Gasteiger partial charge is 0.121 e. The van der Waals surface area contributed by atoms with Crippen LogP contribution in [0.1, 0.15) is 10.7 Å². The van der Waals surface area contributed by atoms with Crippen molar-refractivity contribution in [2.75, 3.05) is 24.7 Å². The van der Waals surface area contributed by atoms with Gasteiger partial charge in [0.2, 0.25) is 0 Å². The molecule has 2 rings (SSSR count). The molecular weight excluding hydrogens is 246 g/mol. The van der Waals surface area contributed by atoms with Crippen LogP contribution in [0.5, 0.6) is 5.75 Å². The average Bonchev–Trinajstić information content (AvgIpc) is 2.77. The number of thiazole rings is 1. The normalized spacial score (nSPS) is 10.3. The first-order chi connectivity index (χ1) is 8.69. The van der Waals surface area contributed by atoms with E-state index in [0.29, 0.717) is 0 Å². The summed E-state index contributed by atoms with van der Waals surface area (Å²) in [6.45, 7) is 2.82. The van der Waals surface area contributed by atoms with Crippen LogP contribution < -0.4 is 15.8 Å². The molecule has 0 saturated heterocycles. The van der Waals surface area contributed by atoms with Crippen LogP contribution in [0.25, 0.3) is 0 Å². The van der Waals surface area contributed by atoms with Gasteiger partial charge >= 0.3 is 0 Å². The molecule has 2 aromatic rings. The standard InChI is InChI=1S/C13H17N3OS/c1-9-16-10(8-18-9)5-6-15-13-7-11(17-2)3-4-12(13)14/h3-4,7-8,15H,5-6,14H2,1-2H3. The molecule has 0 aliphatic heterocycles. The van der Waals surface area contributed by atoms with Gasteiger partial charge in [-0.25, -0.2) is 4.98 Å². The number of nitrogens with zero attached hydrogens (tertiary/aromatic N) is 1. The van der Waals surface area contributed by atoms with E-state index in [1.165, 1.54) is 0 Å². The van der Waals surface area contributed by atoms with Crippen LogP contribution in [-0.4, -0.2) is 18.6 Å². The lowest BCUT2D eigenvalue weighted by Gasteiger charge is -2.10. The van der Waals surface area contributed by atoms with Gasteiger partial charge in [-0.3, -0.25) is 0 Å². The molecule has 0 fully saturated rings. The van der Waals surface area contributed by atoms with Crippen LogP contribution in [-0.2, 0) is 6.42 Å². The Morgan fingerprint density at radius 3 is 2.94 bits per heavy atom. The summed E-state index contributed by atoms with van der Waals surface area (Å²) in [7, 11) is 1.65. The molecule has 0 radical (unpaired) electrons. The Hall–Kier alpha value is -1.75. The molecule has 0 amide bonds. The first-order valence-electron chi connectivity index (χ1n) is 5.77. The molecule has 0 spiro atoms. The number of anilines is 2. The Kier molecular flexibility index (Phi) is 4.04. The number of ether oxygens (including phenoxy) is 1. The maximum absolute atomic E-state index is 5.90. The number of aromatic nitrogens is 1. The largest absolute Gasteiger partial charge is 0.497 e. The fourth-order valence-electron chi connectivity index (χ4n) is 1.66. The summed E-state index contributed by atoms with van der Waals surface area (Å²) in [5.41, 5.74) is 8.64. The number of methoxy groups -OCH3 is 1. The number of nitrogens with two attached hydrogens (primary N) is 1. The highest BCUT2D eigenvalue weighted by molar-refractivity contribution is 7.09. The fourth-order valence-corrected chi connectivity index (χ4v) is 2.31. The maximum Gasteiger partial charge on any atom is 0.121 e. The first-order valence-corrected chi connectivity index (χ1v) is 6.65. The summed E-state index contributed by atoms with van der Waals surface area (Å²) in [5.74, 6) is 0.802. The van der Waals surface area contributed by atoms with Gasteiger partial charge in [0.05, 0.1) is 29.2 Å². The van der Waals surface area contributed by atoms with Gasteiger partial charge in [0.1, 0.15) is 5.75 Å². The molecule has 0 aliphatic rings. The van der Waals surface area contributed by atoms with E-state index < -0.39 is 0 Å². The van der Waals surface area contributed by atoms with Crippen LogP contribution in [0.2, 0.25) is 0 Å². The van der Waals surface area contributed by atoms with Gasteiger partial charge in [-0.1, -0.05) is 0 Å². The predicted octanol–water partition coefficient (Wildman–Crippen LogP) is 2.70.